The van der Waals surface area contributed by atoms with Crippen molar-refractivity contribution in [1.29, 1.82) is 0 Å². The molecule has 0 saturated heterocycles. The van der Waals surface area contributed by atoms with Crippen LogP contribution in [0.3, 0.4) is 0 Å². The number of hydrogen-bond acceptors (Lipinski definition) is 2. The van der Waals surface area contributed by atoms with Crippen LogP contribution >= 0.6 is 11.6 Å². The highest BCUT2D eigenvalue weighted by molar-refractivity contribution is 6.18. The van der Waals surface area contributed by atoms with Crippen LogP contribution in [0.1, 0.15) is 30.2 Å². The number of alkyl halides is 1. The Morgan fingerprint density at radius 1 is 1.60 bits per heavy atom. The number of aryl methyl sites for hydroxylation is 1. The highest BCUT2D eigenvalue weighted by Crippen LogP contribution is 2.08. The van der Waals surface area contributed by atoms with Gasteiger partial charge in [0, 0.05) is 18.8 Å². The molecule has 0 spiro atoms. The molecule has 1 rings (SSSR count). The quantitative estimate of drug-likeness (QED) is 0.789. The smallest absolute Gasteiger partial charge is 0.287 e. The van der Waals surface area contributed by atoms with Crippen LogP contribution in [-0.4, -0.2) is 18.3 Å². The first-order chi connectivity index (χ1) is 7.17. The molecule has 1 aromatic heterocycles. The summed E-state index contributed by atoms with van der Waals surface area (Å²) in [6.45, 7) is 4.54. The minimum Gasteiger partial charge on any atom is -0.456 e. The van der Waals surface area contributed by atoms with E-state index < -0.39 is 0 Å². The molecule has 0 aliphatic heterocycles. The summed E-state index contributed by atoms with van der Waals surface area (Å²) < 4.78 is 5.32. The van der Waals surface area contributed by atoms with Gasteiger partial charge in [0.15, 0.2) is 5.76 Å². The van der Waals surface area contributed by atoms with Crippen molar-refractivity contribution in [2.45, 2.75) is 20.3 Å². The Morgan fingerprint density at radius 3 is 2.87 bits per heavy atom. The van der Waals surface area contributed by atoms with E-state index in [-0.39, 0.29) is 11.8 Å². The van der Waals surface area contributed by atoms with E-state index in [1.807, 2.05) is 19.9 Å². The Morgan fingerprint density at radius 2 is 2.33 bits per heavy atom. The first-order valence-electron chi connectivity index (χ1n) is 5.10. The summed E-state index contributed by atoms with van der Waals surface area (Å²) >= 11 is 5.63. The number of furan rings is 1. The number of carbonyl (C=O) groups is 1. The van der Waals surface area contributed by atoms with Crippen LogP contribution in [0.25, 0.3) is 0 Å². The summed E-state index contributed by atoms with van der Waals surface area (Å²) in [6, 6.07) is 3.51. The van der Waals surface area contributed by atoms with Gasteiger partial charge in [-0.2, -0.15) is 0 Å². The minimum absolute atomic E-state index is 0.174. The van der Waals surface area contributed by atoms with Crippen molar-refractivity contribution in [2.24, 2.45) is 5.92 Å². The van der Waals surface area contributed by atoms with Crippen LogP contribution < -0.4 is 5.32 Å². The molecule has 3 nitrogen and oxygen atoms in total. The lowest BCUT2D eigenvalue weighted by Crippen LogP contribution is -2.28. The van der Waals surface area contributed by atoms with Gasteiger partial charge >= 0.3 is 0 Å². The predicted molar refractivity (Wildman–Crippen MR) is 60.3 cm³/mol. The molecular formula is C11H16ClNO2. The number of carbonyl (C=O) groups excluding carboxylic acids is 1. The van der Waals surface area contributed by atoms with Crippen molar-refractivity contribution in [3.8, 4) is 0 Å². The Hall–Kier alpha value is -0.960. The zero-order valence-electron chi connectivity index (χ0n) is 9.05. The summed E-state index contributed by atoms with van der Waals surface area (Å²) in [4.78, 5) is 11.5. The van der Waals surface area contributed by atoms with Gasteiger partial charge in [0.05, 0.1) is 0 Å². The van der Waals surface area contributed by atoms with Crippen LogP contribution in [0.4, 0.5) is 0 Å². The van der Waals surface area contributed by atoms with Crippen LogP contribution in [-0.2, 0) is 6.42 Å². The van der Waals surface area contributed by atoms with E-state index in [1.54, 1.807) is 6.07 Å². The average Bonchev–Trinajstić information content (AvgIpc) is 2.73. The standard InChI is InChI=1S/C11H16ClNO2/c1-3-9-4-5-10(15-9)11(14)13-7-8(2)6-12/h4-5,8H,3,6-7H2,1-2H3,(H,13,14). The first-order valence-corrected chi connectivity index (χ1v) is 5.63. The third kappa shape index (κ3) is 3.59. The Labute approximate surface area is 94.8 Å². The van der Waals surface area contributed by atoms with Gasteiger partial charge in [-0.3, -0.25) is 4.79 Å². The van der Waals surface area contributed by atoms with Crippen LogP contribution in [0, 0.1) is 5.92 Å². The molecule has 1 amide bonds. The zero-order valence-corrected chi connectivity index (χ0v) is 9.80. The largest absolute Gasteiger partial charge is 0.456 e. The van der Waals surface area contributed by atoms with Gasteiger partial charge in [-0.25, -0.2) is 0 Å². The maximum atomic E-state index is 11.5. The van der Waals surface area contributed by atoms with E-state index in [4.69, 9.17) is 16.0 Å². The molecule has 1 N–H and O–H groups in total. The van der Waals surface area contributed by atoms with E-state index >= 15 is 0 Å². The van der Waals surface area contributed by atoms with E-state index in [2.05, 4.69) is 5.32 Å². The van der Waals surface area contributed by atoms with Crippen molar-refractivity contribution in [1.82, 2.24) is 5.32 Å². The zero-order chi connectivity index (χ0) is 11.3. The SMILES string of the molecule is CCc1ccc(C(=O)NCC(C)CCl)o1. The molecule has 0 radical (unpaired) electrons. The minimum atomic E-state index is -0.174. The molecule has 0 aromatic carbocycles. The fraction of sp³-hybridized carbons (Fsp3) is 0.545. The monoisotopic (exact) mass is 229 g/mol. The van der Waals surface area contributed by atoms with Gasteiger partial charge in [0.1, 0.15) is 5.76 Å². The molecule has 0 aliphatic rings. The molecule has 1 unspecified atom stereocenters. The van der Waals surface area contributed by atoms with Crippen molar-refractivity contribution in [3.63, 3.8) is 0 Å². The number of halogens is 1. The lowest BCUT2D eigenvalue weighted by molar-refractivity contribution is 0.0920. The van der Waals surface area contributed by atoms with Crippen LogP contribution in [0.15, 0.2) is 16.5 Å². The summed E-state index contributed by atoms with van der Waals surface area (Å²) in [5, 5.41) is 2.77. The first kappa shape index (κ1) is 12.1. The summed E-state index contributed by atoms with van der Waals surface area (Å²) in [7, 11) is 0. The van der Waals surface area contributed by atoms with Gasteiger partial charge in [-0.1, -0.05) is 13.8 Å². The van der Waals surface area contributed by atoms with Crippen molar-refractivity contribution < 1.29 is 9.21 Å². The summed E-state index contributed by atoms with van der Waals surface area (Å²) in [5.74, 6) is 1.83. The van der Waals surface area contributed by atoms with Gasteiger partial charge in [-0.15, -0.1) is 11.6 Å². The van der Waals surface area contributed by atoms with E-state index in [9.17, 15) is 4.79 Å². The number of amides is 1. The molecule has 1 atom stereocenters. The highest BCUT2D eigenvalue weighted by Gasteiger charge is 2.11. The molecule has 4 heteroatoms. The molecule has 84 valence electrons. The van der Waals surface area contributed by atoms with Crippen LogP contribution in [0.2, 0.25) is 0 Å². The molecule has 1 aromatic rings. The van der Waals surface area contributed by atoms with Crippen molar-refractivity contribution in [3.05, 3.63) is 23.7 Å². The lowest BCUT2D eigenvalue weighted by atomic mass is 10.2. The lowest BCUT2D eigenvalue weighted by Gasteiger charge is -2.07. The fourth-order valence-corrected chi connectivity index (χ4v) is 1.21. The van der Waals surface area contributed by atoms with Crippen molar-refractivity contribution in [2.75, 3.05) is 12.4 Å². The number of nitrogens with one attached hydrogen (secondary N) is 1. The molecule has 0 fully saturated rings. The maximum Gasteiger partial charge on any atom is 0.287 e. The Kier molecular flexibility index (Phi) is 4.69. The molecular weight excluding hydrogens is 214 g/mol. The third-order valence-corrected chi connectivity index (χ3v) is 2.64. The third-order valence-electron chi connectivity index (χ3n) is 2.11. The second-order valence-electron chi connectivity index (χ2n) is 3.59. The average molecular weight is 230 g/mol. The molecule has 0 aliphatic carbocycles. The second-order valence-corrected chi connectivity index (χ2v) is 3.90. The van der Waals surface area contributed by atoms with E-state index in [0.29, 0.717) is 18.2 Å². The highest BCUT2D eigenvalue weighted by atomic mass is 35.5. The summed E-state index contributed by atoms with van der Waals surface area (Å²) in [6.07, 6.45) is 0.797. The molecule has 0 bridgehead atoms. The molecule has 1 heterocycles. The van der Waals surface area contributed by atoms with Gasteiger partial charge in [0.25, 0.3) is 5.91 Å². The number of rotatable bonds is 5. The maximum absolute atomic E-state index is 11.5. The van der Waals surface area contributed by atoms with Gasteiger partial charge < -0.3 is 9.73 Å². The van der Waals surface area contributed by atoms with E-state index in [0.717, 1.165) is 12.2 Å². The second kappa shape index (κ2) is 5.81. The summed E-state index contributed by atoms with van der Waals surface area (Å²) in [5.41, 5.74) is 0. The van der Waals surface area contributed by atoms with E-state index in [1.165, 1.54) is 0 Å². The van der Waals surface area contributed by atoms with Gasteiger partial charge in [0.2, 0.25) is 0 Å². The normalized spacial score (nSPS) is 12.5. The van der Waals surface area contributed by atoms with Gasteiger partial charge in [-0.05, 0) is 18.1 Å². The Balaban J connectivity index is 2.46. The predicted octanol–water partition coefficient (Wildman–Crippen LogP) is 2.45. The molecule has 0 saturated carbocycles. The van der Waals surface area contributed by atoms with Crippen LogP contribution in [0.5, 0.6) is 0 Å². The van der Waals surface area contributed by atoms with Crippen molar-refractivity contribution >= 4 is 17.5 Å². The molecule has 15 heavy (non-hydrogen) atoms. The number of hydrogen-bond donors (Lipinski definition) is 1. The Bertz CT molecular complexity index is 322. The fourth-order valence-electron chi connectivity index (χ4n) is 1.10. The topological polar surface area (TPSA) is 42.2 Å².